The Kier molecular flexibility index (Phi) is 5.64. The fourth-order valence-electron chi connectivity index (χ4n) is 2.93. The second-order valence-corrected chi connectivity index (χ2v) is 7.70. The number of Topliss-reactive ketones (excluding diaryl/α,β-unsaturated/α-hetero) is 1. The fraction of sp³-hybridized carbons (Fsp3) is 0.304. The van der Waals surface area contributed by atoms with E-state index in [0.717, 1.165) is 11.3 Å². The smallest absolute Gasteiger partial charge is 0.344 e. The van der Waals surface area contributed by atoms with Crippen LogP contribution in [-0.4, -0.2) is 31.1 Å². The monoisotopic (exact) mass is 396 g/mol. The predicted octanol–water partition coefficient (Wildman–Crippen LogP) is 4.34. The molecule has 0 fully saturated rings. The van der Waals surface area contributed by atoms with Crippen LogP contribution in [0.5, 0.6) is 17.2 Å². The van der Waals surface area contributed by atoms with Crippen LogP contribution in [0, 0.1) is 6.92 Å². The van der Waals surface area contributed by atoms with Crippen LogP contribution in [0.2, 0.25) is 0 Å². The molecule has 0 bridgehead atoms. The van der Waals surface area contributed by atoms with Crippen LogP contribution in [0.4, 0.5) is 0 Å². The molecule has 0 N–H and O–H groups in total. The van der Waals surface area contributed by atoms with Crippen molar-refractivity contribution in [1.82, 2.24) is 0 Å². The Bertz CT molecular complexity index is 964. The van der Waals surface area contributed by atoms with E-state index in [4.69, 9.17) is 18.9 Å². The average molecular weight is 396 g/mol. The van der Waals surface area contributed by atoms with Gasteiger partial charge in [-0.3, -0.25) is 4.79 Å². The lowest BCUT2D eigenvalue weighted by atomic mass is 10.0. The number of fused-ring (bicyclic) bond motifs is 1. The molecule has 6 nitrogen and oxygen atoms in total. The first-order valence-electron chi connectivity index (χ1n) is 9.24. The van der Waals surface area contributed by atoms with Gasteiger partial charge in [-0.2, -0.15) is 0 Å². The number of aryl methyl sites for hydroxylation is 1. The van der Waals surface area contributed by atoms with Gasteiger partial charge in [0, 0.05) is 6.07 Å². The summed E-state index contributed by atoms with van der Waals surface area (Å²) < 4.78 is 21.7. The van der Waals surface area contributed by atoms with E-state index in [2.05, 4.69) is 0 Å². The van der Waals surface area contributed by atoms with Crippen molar-refractivity contribution >= 4 is 17.8 Å². The molecule has 0 saturated heterocycles. The van der Waals surface area contributed by atoms with Crippen LogP contribution in [0.1, 0.15) is 42.3 Å². The van der Waals surface area contributed by atoms with Gasteiger partial charge in [0.15, 0.2) is 12.4 Å². The quantitative estimate of drug-likeness (QED) is 0.553. The highest BCUT2D eigenvalue weighted by atomic mass is 16.6. The number of hydrogen-bond donors (Lipinski definition) is 0. The second-order valence-electron chi connectivity index (χ2n) is 7.70. The van der Waals surface area contributed by atoms with Crippen molar-refractivity contribution in [3.8, 4) is 17.2 Å². The van der Waals surface area contributed by atoms with Crippen LogP contribution >= 0.6 is 0 Å². The number of allylic oxidation sites excluding steroid dienone is 1. The van der Waals surface area contributed by atoms with Gasteiger partial charge in [0.05, 0.1) is 12.7 Å². The van der Waals surface area contributed by atoms with Crippen molar-refractivity contribution in [3.63, 3.8) is 0 Å². The zero-order valence-electron chi connectivity index (χ0n) is 17.2. The van der Waals surface area contributed by atoms with Crippen LogP contribution in [0.25, 0.3) is 6.08 Å². The SMILES string of the molecule is COc1ccc(/C=C2\Oc3cc(OCC(=O)OC(C)(C)C)cc(C)c3C2=O)cc1. The molecule has 0 spiro atoms. The lowest BCUT2D eigenvalue weighted by Gasteiger charge is -2.19. The first-order chi connectivity index (χ1) is 13.7. The third-order valence-electron chi connectivity index (χ3n) is 4.13. The minimum absolute atomic E-state index is 0.188. The highest BCUT2D eigenvalue weighted by molar-refractivity contribution is 6.15. The van der Waals surface area contributed by atoms with Gasteiger partial charge in [0.1, 0.15) is 22.8 Å². The minimum Gasteiger partial charge on any atom is -0.497 e. The zero-order valence-corrected chi connectivity index (χ0v) is 17.2. The van der Waals surface area contributed by atoms with Gasteiger partial charge in [0.25, 0.3) is 0 Å². The van der Waals surface area contributed by atoms with Crippen molar-refractivity contribution in [2.75, 3.05) is 13.7 Å². The molecule has 152 valence electrons. The Labute approximate surface area is 170 Å². The molecule has 0 unspecified atom stereocenters. The number of benzene rings is 2. The van der Waals surface area contributed by atoms with Crippen molar-refractivity contribution in [3.05, 3.63) is 58.8 Å². The van der Waals surface area contributed by atoms with Gasteiger partial charge in [-0.15, -0.1) is 0 Å². The van der Waals surface area contributed by atoms with Gasteiger partial charge in [-0.1, -0.05) is 12.1 Å². The Morgan fingerprint density at radius 3 is 2.41 bits per heavy atom. The van der Waals surface area contributed by atoms with E-state index in [1.165, 1.54) is 0 Å². The molecular weight excluding hydrogens is 372 g/mol. The molecule has 2 aromatic carbocycles. The van der Waals surface area contributed by atoms with Gasteiger partial charge in [0.2, 0.25) is 5.78 Å². The third kappa shape index (κ3) is 4.96. The number of ether oxygens (including phenoxy) is 4. The summed E-state index contributed by atoms with van der Waals surface area (Å²) >= 11 is 0. The maximum absolute atomic E-state index is 12.7. The van der Waals surface area contributed by atoms with Gasteiger partial charge < -0.3 is 18.9 Å². The summed E-state index contributed by atoms with van der Waals surface area (Å²) in [6, 6.07) is 10.6. The number of carbonyl (C=O) groups excluding carboxylic acids is 2. The van der Waals surface area contributed by atoms with E-state index < -0.39 is 11.6 Å². The van der Waals surface area contributed by atoms with E-state index in [1.54, 1.807) is 53.0 Å². The number of esters is 1. The molecular formula is C23H24O6. The summed E-state index contributed by atoms with van der Waals surface area (Å²) in [6.07, 6.45) is 1.68. The summed E-state index contributed by atoms with van der Waals surface area (Å²) in [7, 11) is 1.60. The highest BCUT2D eigenvalue weighted by Crippen LogP contribution is 2.37. The molecule has 0 saturated carbocycles. The maximum atomic E-state index is 12.7. The van der Waals surface area contributed by atoms with Crippen molar-refractivity contribution in [1.29, 1.82) is 0 Å². The first-order valence-corrected chi connectivity index (χ1v) is 9.24. The summed E-state index contributed by atoms with van der Waals surface area (Å²) in [5.41, 5.74) is 1.45. The summed E-state index contributed by atoms with van der Waals surface area (Å²) in [6.45, 7) is 6.95. The Balaban J connectivity index is 1.76. The second kappa shape index (κ2) is 7.99. The van der Waals surface area contributed by atoms with E-state index in [0.29, 0.717) is 22.6 Å². The van der Waals surface area contributed by atoms with Gasteiger partial charge >= 0.3 is 5.97 Å². The Hall–Kier alpha value is -3.28. The summed E-state index contributed by atoms with van der Waals surface area (Å²) in [4.78, 5) is 24.6. The molecule has 3 rings (SSSR count). The largest absolute Gasteiger partial charge is 0.497 e. The number of hydrogen-bond acceptors (Lipinski definition) is 6. The van der Waals surface area contributed by atoms with E-state index >= 15 is 0 Å². The summed E-state index contributed by atoms with van der Waals surface area (Å²) in [5.74, 6) is 1.16. The average Bonchev–Trinajstić information content (AvgIpc) is 2.95. The standard InChI is InChI=1S/C23H24O6/c1-14-10-17(27-13-20(24)29-23(2,3)4)12-18-21(14)22(25)19(28-18)11-15-6-8-16(26-5)9-7-15/h6-12H,13H2,1-5H3/b19-11-. The Morgan fingerprint density at radius 1 is 1.10 bits per heavy atom. The van der Waals surface area contributed by atoms with E-state index in [9.17, 15) is 9.59 Å². The molecule has 29 heavy (non-hydrogen) atoms. The van der Waals surface area contributed by atoms with Crippen LogP contribution < -0.4 is 14.2 Å². The lowest BCUT2D eigenvalue weighted by molar-refractivity contribution is -0.157. The lowest BCUT2D eigenvalue weighted by Crippen LogP contribution is -2.27. The number of methoxy groups -OCH3 is 1. The van der Waals surface area contributed by atoms with Crippen LogP contribution in [0.3, 0.4) is 0 Å². The molecule has 2 aromatic rings. The predicted molar refractivity (Wildman–Crippen MR) is 108 cm³/mol. The molecule has 1 aliphatic heterocycles. The summed E-state index contributed by atoms with van der Waals surface area (Å²) in [5, 5.41) is 0. The van der Waals surface area contributed by atoms with Gasteiger partial charge in [-0.25, -0.2) is 4.79 Å². The number of rotatable bonds is 5. The van der Waals surface area contributed by atoms with Crippen LogP contribution in [-0.2, 0) is 9.53 Å². The maximum Gasteiger partial charge on any atom is 0.344 e. The molecule has 0 atom stereocenters. The molecule has 0 radical (unpaired) electrons. The Morgan fingerprint density at radius 2 is 1.79 bits per heavy atom. The molecule has 0 aromatic heterocycles. The third-order valence-corrected chi connectivity index (χ3v) is 4.13. The highest BCUT2D eigenvalue weighted by Gasteiger charge is 2.30. The van der Waals surface area contributed by atoms with E-state index in [-0.39, 0.29) is 18.1 Å². The normalized spacial score (nSPS) is 14.4. The molecule has 6 heteroatoms. The molecule has 1 aliphatic rings. The van der Waals surface area contributed by atoms with Crippen molar-refractivity contribution < 1.29 is 28.5 Å². The van der Waals surface area contributed by atoms with Gasteiger partial charge in [-0.05, 0) is 63.1 Å². The van der Waals surface area contributed by atoms with E-state index in [1.807, 2.05) is 24.3 Å². The topological polar surface area (TPSA) is 71.1 Å². The van der Waals surface area contributed by atoms with Crippen molar-refractivity contribution in [2.24, 2.45) is 0 Å². The first kappa shape index (κ1) is 20.5. The molecule has 1 heterocycles. The number of carbonyl (C=O) groups is 2. The number of ketones is 1. The molecule has 0 aliphatic carbocycles. The minimum atomic E-state index is -0.578. The van der Waals surface area contributed by atoms with Crippen LogP contribution in [0.15, 0.2) is 42.2 Å². The molecule has 0 amide bonds. The fourth-order valence-corrected chi connectivity index (χ4v) is 2.93. The zero-order chi connectivity index (χ0) is 21.2. The van der Waals surface area contributed by atoms with Crippen molar-refractivity contribution in [2.45, 2.75) is 33.3 Å².